The fourth-order valence-corrected chi connectivity index (χ4v) is 8.02. The van der Waals surface area contributed by atoms with Gasteiger partial charge in [0.1, 0.15) is 11.6 Å². The molecule has 3 atom stereocenters. The van der Waals surface area contributed by atoms with Crippen LogP contribution in [-0.2, 0) is 20.8 Å². The molecule has 10 nitrogen and oxygen atoms in total. The van der Waals surface area contributed by atoms with E-state index in [1.165, 1.54) is 4.90 Å². The highest BCUT2D eigenvalue weighted by atomic mass is 35.5. The number of halogens is 3. The first-order valence-corrected chi connectivity index (χ1v) is 16.2. The van der Waals surface area contributed by atoms with E-state index in [9.17, 15) is 14.7 Å². The molecule has 248 valence electrons. The van der Waals surface area contributed by atoms with E-state index in [0.29, 0.717) is 42.3 Å². The zero-order valence-electron chi connectivity index (χ0n) is 26.1. The summed E-state index contributed by atoms with van der Waals surface area (Å²) >= 11 is 13.3. The molecule has 2 bridgehead atoms. The van der Waals surface area contributed by atoms with Crippen LogP contribution in [0.15, 0.2) is 42.5 Å². The Balaban J connectivity index is 1.16. The highest BCUT2D eigenvalue weighted by Crippen LogP contribution is 2.44. The van der Waals surface area contributed by atoms with Crippen LogP contribution in [0.2, 0.25) is 10.0 Å². The van der Waals surface area contributed by atoms with E-state index in [0.717, 1.165) is 24.6 Å². The number of ether oxygens (including phenoxy) is 4. The standard InChI is InChI=1S/C34H34Cl2FN3O7/c1-18-34(44-2,45-3)16-39(18)22-9-26(35)30(27(36)10-22)32(41)38-13-19-5-4-6-23(31(19)47-17-38)24-12-29(25(33(42)43)11-28(24)37)40-20-7-8-21(40)15-46-14-20/h4-6,9-12,18,20-21H,7-8,13-17H2,1-3H3,(H,42,43)/t18-,20?,21?/m1/s1. The number of morpholine rings is 1. The fourth-order valence-electron chi connectivity index (χ4n) is 7.38. The SMILES string of the molecule is COC1(OC)CN(c2cc(Cl)c(C(=O)N3COc4c(cccc4-c4cc(N5C6CCC5COC6)c(C(=O)O)cc4F)C3)c(Cl)c2)[C@@H]1C. The van der Waals surface area contributed by atoms with Gasteiger partial charge in [0.2, 0.25) is 5.79 Å². The Morgan fingerprint density at radius 2 is 1.70 bits per heavy atom. The quantitative estimate of drug-likeness (QED) is 0.298. The van der Waals surface area contributed by atoms with E-state index in [1.807, 2.05) is 11.8 Å². The van der Waals surface area contributed by atoms with Gasteiger partial charge in [0.15, 0.2) is 6.73 Å². The number of anilines is 2. The van der Waals surface area contributed by atoms with Gasteiger partial charge in [0.05, 0.1) is 71.3 Å². The lowest BCUT2D eigenvalue weighted by Crippen LogP contribution is -2.70. The number of hydrogen-bond acceptors (Lipinski definition) is 8. The largest absolute Gasteiger partial charge is 0.478 e. The van der Waals surface area contributed by atoms with E-state index in [2.05, 4.69) is 4.90 Å². The molecular weight excluding hydrogens is 652 g/mol. The van der Waals surface area contributed by atoms with Crippen molar-refractivity contribution in [2.75, 3.05) is 50.5 Å². The van der Waals surface area contributed by atoms with Crippen LogP contribution < -0.4 is 14.5 Å². The molecule has 47 heavy (non-hydrogen) atoms. The van der Waals surface area contributed by atoms with Crippen molar-refractivity contribution in [2.24, 2.45) is 0 Å². The van der Waals surface area contributed by atoms with Crippen molar-refractivity contribution in [3.05, 3.63) is 75.0 Å². The molecule has 3 saturated heterocycles. The molecule has 3 aromatic rings. The predicted octanol–water partition coefficient (Wildman–Crippen LogP) is 6.06. The summed E-state index contributed by atoms with van der Waals surface area (Å²) in [5.74, 6) is -2.60. The molecule has 0 radical (unpaired) electrons. The van der Waals surface area contributed by atoms with E-state index in [4.69, 9.17) is 42.1 Å². The van der Waals surface area contributed by atoms with Crippen molar-refractivity contribution >= 4 is 46.5 Å². The smallest absolute Gasteiger partial charge is 0.337 e. The van der Waals surface area contributed by atoms with Gasteiger partial charge in [-0.1, -0.05) is 41.4 Å². The van der Waals surface area contributed by atoms with Crippen molar-refractivity contribution in [1.29, 1.82) is 0 Å². The summed E-state index contributed by atoms with van der Waals surface area (Å²) in [5.41, 5.74) is 2.61. The van der Waals surface area contributed by atoms with Crippen LogP contribution in [0.3, 0.4) is 0 Å². The van der Waals surface area contributed by atoms with Gasteiger partial charge in [0, 0.05) is 36.6 Å². The topological polar surface area (TPSA) is 101 Å². The fraction of sp³-hybridized carbons (Fsp3) is 0.412. The number of fused-ring (bicyclic) bond motifs is 3. The van der Waals surface area contributed by atoms with Crippen LogP contribution in [0.5, 0.6) is 5.75 Å². The summed E-state index contributed by atoms with van der Waals surface area (Å²) in [4.78, 5) is 31.6. The Labute approximate surface area is 281 Å². The predicted molar refractivity (Wildman–Crippen MR) is 174 cm³/mol. The molecule has 0 saturated carbocycles. The first-order valence-electron chi connectivity index (χ1n) is 15.4. The van der Waals surface area contributed by atoms with Crippen LogP contribution >= 0.6 is 23.2 Å². The van der Waals surface area contributed by atoms with Crippen LogP contribution in [0.1, 0.15) is 46.0 Å². The number of carboxylic acid groups (broad SMARTS) is 1. The van der Waals surface area contributed by atoms with E-state index in [-0.39, 0.29) is 58.1 Å². The number of para-hydroxylation sites is 1. The second-order valence-corrected chi connectivity index (χ2v) is 13.2. The van der Waals surface area contributed by atoms with Crippen LogP contribution in [0.25, 0.3) is 11.1 Å². The lowest BCUT2D eigenvalue weighted by Gasteiger charge is -2.54. The maximum absolute atomic E-state index is 15.7. The molecule has 4 aliphatic heterocycles. The van der Waals surface area contributed by atoms with Gasteiger partial charge in [-0.2, -0.15) is 0 Å². The summed E-state index contributed by atoms with van der Waals surface area (Å²) in [5, 5.41) is 10.4. The Morgan fingerprint density at radius 1 is 1.02 bits per heavy atom. The molecule has 2 unspecified atom stereocenters. The number of carboxylic acids is 1. The lowest BCUT2D eigenvalue weighted by molar-refractivity contribution is -0.242. The molecule has 3 aromatic carbocycles. The normalized spacial score (nSPS) is 22.9. The van der Waals surface area contributed by atoms with Gasteiger partial charge in [-0.3, -0.25) is 4.79 Å². The van der Waals surface area contributed by atoms with E-state index in [1.54, 1.807) is 50.6 Å². The third kappa shape index (κ3) is 5.19. The van der Waals surface area contributed by atoms with Crippen molar-refractivity contribution in [3.63, 3.8) is 0 Å². The van der Waals surface area contributed by atoms with Gasteiger partial charge in [-0.25, -0.2) is 9.18 Å². The van der Waals surface area contributed by atoms with Crippen molar-refractivity contribution in [3.8, 4) is 16.9 Å². The van der Waals surface area contributed by atoms with Gasteiger partial charge in [0.25, 0.3) is 5.91 Å². The van der Waals surface area contributed by atoms with Crippen molar-refractivity contribution in [2.45, 2.75) is 50.2 Å². The average Bonchev–Trinajstić information content (AvgIpc) is 3.30. The Morgan fingerprint density at radius 3 is 2.32 bits per heavy atom. The zero-order chi connectivity index (χ0) is 33.2. The molecule has 1 N–H and O–H groups in total. The minimum absolute atomic E-state index is 0.0250. The molecule has 0 aliphatic carbocycles. The minimum atomic E-state index is -1.19. The highest BCUT2D eigenvalue weighted by Gasteiger charge is 2.52. The maximum atomic E-state index is 15.7. The number of rotatable bonds is 7. The Hall–Kier alpha value is -3.61. The van der Waals surface area contributed by atoms with Gasteiger partial charge < -0.3 is 38.8 Å². The molecule has 13 heteroatoms. The second-order valence-electron chi connectivity index (χ2n) is 12.4. The average molecular weight is 687 g/mol. The first-order chi connectivity index (χ1) is 22.6. The molecule has 7 rings (SSSR count). The van der Waals surface area contributed by atoms with Gasteiger partial charge in [-0.15, -0.1) is 0 Å². The summed E-state index contributed by atoms with van der Waals surface area (Å²) in [6.45, 7) is 3.46. The molecular formula is C34H34Cl2FN3O7. The van der Waals surface area contributed by atoms with Gasteiger partial charge in [-0.05, 0) is 44.0 Å². The second kappa shape index (κ2) is 12.1. The Kier molecular flexibility index (Phi) is 8.25. The third-order valence-corrected chi connectivity index (χ3v) is 10.6. The maximum Gasteiger partial charge on any atom is 0.337 e. The van der Waals surface area contributed by atoms with Crippen LogP contribution in [0.4, 0.5) is 15.8 Å². The van der Waals surface area contributed by atoms with Gasteiger partial charge >= 0.3 is 5.97 Å². The molecule has 4 heterocycles. The summed E-state index contributed by atoms with van der Waals surface area (Å²) in [7, 11) is 3.19. The summed E-state index contributed by atoms with van der Waals surface area (Å²) in [6, 6.07) is 11.3. The number of hydrogen-bond donors (Lipinski definition) is 1. The molecule has 0 spiro atoms. The number of carbonyl (C=O) groups excluding carboxylic acids is 1. The Bertz CT molecular complexity index is 1730. The van der Waals surface area contributed by atoms with E-state index >= 15 is 4.39 Å². The molecule has 1 amide bonds. The number of carbonyl (C=O) groups is 2. The summed E-state index contributed by atoms with van der Waals surface area (Å²) < 4.78 is 38.7. The lowest BCUT2D eigenvalue weighted by atomic mass is 9.94. The molecule has 0 aromatic heterocycles. The minimum Gasteiger partial charge on any atom is -0.478 e. The molecule has 4 aliphatic rings. The van der Waals surface area contributed by atoms with Crippen molar-refractivity contribution in [1.82, 2.24) is 4.90 Å². The number of nitrogens with zero attached hydrogens (tertiary/aromatic N) is 3. The van der Waals surface area contributed by atoms with Crippen LogP contribution in [0, 0.1) is 5.82 Å². The first kappa shape index (κ1) is 32.0. The number of aromatic carboxylic acids is 1. The summed E-state index contributed by atoms with van der Waals surface area (Å²) in [6.07, 6.45) is 1.75. The number of methoxy groups -OCH3 is 2. The monoisotopic (exact) mass is 685 g/mol. The highest BCUT2D eigenvalue weighted by molar-refractivity contribution is 6.40. The van der Waals surface area contributed by atoms with Crippen molar-refractivity contribution < 1.29 is 38.0 Å². The molecule has 3 fully saturated rings. The zero-order valence-corrected chi connectivity index (χ0v) is 27.6. The van der Waals surface area contributed by atoms with Crippen LogP contribution in [-0.4, -0.2) is 86.5 Å². The third-order valence-electron chi connectivity index (χ3n) is 9.99. The number of benzene rings is 3. The number of amides is 1. The van der Waals surface area contributed by atoms with E-state index < -0.39 is 23.5 Å².